The van der Waals surface area contributed by atoms with Crippen LogP contribution < -0.4 is 14.8 Å². The SMILES string of the molecule is COc1ccc(C(C)NC(=O)COc2ccc(S(=O)(=O)N3CCCC3)cc2)cc1. The first-order valence-corrected chi connectivity index (χ1v) is 11.0. The monoisotopic (exact) mass is 418 g/mol. The first-order valence-electron chi connectivity index (χ1n) is 9.56. The van der Waals surface area contributed by atoms with Crippen molar-refractivity contribution in [3.8, 4) is 11.5 Å². The van der Waals surface area contributed by atoms with Crippen molar-refractivity contribution in [3.63, 3.8) is 0 Å². The summed E-state index contributed by atoms with van der Waals surface area (Å²) in [6.07, 6.45) is 1.79. The maximum atomic E-state index is 12.5. The lowest BCUT2D eigenvalue weighted by Crippen LogP contribution is -2.31. The molecule has 1 fully saturated rings. The summed E-state index contributed by atoms with van der Waals surface area (Å²) in [6, 6.07) is 13.5. The zero-order valence-electron chi connectivity index (χ0n) is 16.6. The molecule has 1 heterocycles. The third-order valence-electron chi connectivity index (χ3n) is 4.89. The van der Waals surface area contributed by atoms with Gasteiger partial charge in [-0.3, -0.25) is 4.79 Å². The van der Waals surface area contributed by atoms with Gasteiger partial charge in [-0.15, -0.1) is 0 Å². The molecule has 1 aliphatic heterocycles. The fourth-order valence-electron chi connectivity index (χ4n) is 3.19. The standard InChI is InChI=1S/C21H26N2O5S/c1-16(17-5-7-18(27-2)8-6-17)22-21(24)15-28-19-9-11-20(12-10-19)29(25,26)23-13-3-4-14-23/h5-12,16H,3-4,13-15H2,1-2H3,(H,22,24). The molecule has 1 amide bonds. The number of hydrogen-bond acceptors (Lipinski definition) is 5. The van der Waals surface area contributed by atoms with Crippen molar-refractivity contribution < 1.29 is 22.7 Å². The topological polar surface area (TPSA) is 84.9 Å². The van der Waals surface area contributed by atoms with E-state index >= 15 is 0 Å². The van der Waals surface area contributed by atoms with Crippen molar-refractivity contribution in [2.75, 3.05) is 26.8 Å². The van der Waals surface area contributed by atoms with E-state index in [9.17, 15) is 13.2 Å². The van der Waals surface area contributed by atoms with Crippen molar-refractivity contribution >= 4 is 15.9 Å². The van der Waals surface area contributed by atoms with Crippen LogP contribution in [0.2, 0.25) is 0 Å². The molecule has 1 aliphatic rings. The number of sulfonamides is 1. The van der Waals surface area contributed by atoms with E-state index in [0.717, 1.165) is 24.2 Å². The van der Waals surface area contributed by atoms with Crippen LogP contribution in [0.15, 0.2) is 53.4 Å². The molecule has 2 aromatic rings. The lowest BCUT2D eigenvalue weighted by molar-refractivity contribution is -0.123. The lowest BCUT2D eigenvalue weighted by Gasteiger charge is -2.16. The highest BCUT2D eigenvalue weighted by Crippen LogP contribution is 2.23. The van der Waals surface area contributed by atoms with Gasteiger partial charge < -0.3 is 14.8 Å². The van der Waals surface area contributed by atoms with Gasteiger partial charge in [0, 0.05) is 13.1 Å². The van der Waals surface area contributed by atoms with Gasteiger partial charge in [0.25, 0.3) is 5.91 Å². The van der Waals surface area contributed by atoms with Crippen LogP contribution in [0.25, 0.3) is 0 Å². The number of carbonyl (C=O) groups is 1. The Hall–Kier alpha value is -2.58. The van der Waals surface area contributed by atoms with E-state index in [1.807, 2.05) is 31.2 Å². The molecule has 2 aromatic carbocycles. The highest BCUT2D eigenvalue weighted by molar-refractivity contribution is 7.89. The summed E-state index contributed by atoms with van der Waals surface area (Å²) < 4.78 is 37.2. The van der Waals surface area contributed by atoms with Crippen molar-refractivity contribution in [1.29, 1.82) is 0 Å². The second kappa shape index (κ2) is 9.28. The molecular weight excluding hydrogens is 392 g/mol. The molecule has 0 radical (unpaired) electrons. The number of rotatable bonds is 8. The smallest absolute Gasteiger partial charge is 0.258 e. The quantitative estimate of drug-likeness (QED) is 0.713. The van der Waals surface area contributed by atoms with E-state index in [0.29, 0.717) is 18.8 Å². The van der Waals surface area contributed by atoms with Gasteiger partial charge in [-0.1, -0.05) is 12.1 Å². The van der Waals surface area contributed by atoms with Crippen LogP contribution >= 0.6 is 0 Å². The van der Waals surface area contributed by atoms with E-state index in [2.05, 4.69) is 5.32 Å². The Labute approximate surface area is 171 Å². The number of carbonyl (C=O) groups excluding carboxylic acids is 1. The number of ether oxygens (including phenoxy) is 2. The number of benzene rings is 2. The van der Waals surface area contributed by atoms with E-state index in [4.69, 9.17) is 9.47 Å². The van der Waals surface area contributed by atoms with Gasteiger partial charge in [-0.05, 0) is 61.7 Å². The predicted octanol–water partition coefficient (Wildman–Crippen LogP) is 2.74. The number of nitrogens with one attached hydrogen (secondary N) is 1. The Morgan fingerprint density at radius 1 is 1.03 bits per heavy atom. The first-order chi connectivity index (χ1) is 13.9. The number of nitrogens with zero attached hydrogens (tertiary/aromatic N) is 1. The van der Waals surface area contributed by atoms with Crippen molar-refractivity contribution in [2.24, 2.45) is 0 Å². The second-order valence-electron chi connectivity index (χ2n) is 6.93. The van der Waals surface area contributed by atoms with Gasteiger partial charge in [-0.2, -0.15) is 4.31 Å². The van der Waals surface area contributed by atoms with Crippen LogP contribution in [0.1, 0.15) is 31.4 Å². The second-order valence-corrected chi connectivity index (χ2v) is 8.87. The van der Waals surface area contributed by atoms with E-state index in [1.54, 1.807) is 19.2 Å². The Morgan fingerprint density at radius 3 is 2.21 bits per heavy atom. The summed E-state index contributed by atoms with van der Waals surface area (Å²) in [6.45, 7) is 2.86. The molecule has 156 valence electrons. The van der Waals surface area contributed by atoms with Crippen molar-refractivity contribution in [1.82, 2.24) is 9.62 Å². The average Bonchev–Trinajstić information content (AvgIpc) is 3.28. The Morgan fingerprint density at radius 2 is 1.62 bits per heavy atom. The molecule has 0 aromatic heterocycles. The fraction of sp³-hybridized carbons (Fsp3) is 0.381. The number of hydrogen-bond donors (Lipinski definition) is 1. The molecule has 8 heteroatoms. The van der Waals surface area contributed by atoms with Gasteiger partial charge in [0.05, 0.1) is 18.0 Å². The van der Waals surface area contributed by atoms with Crippen molar-refractivity contribution in [2.45, 2.75) is 30.7 Å². The molecule has 1 atom stereocenters. The zero-order chi connectivity index (χ0) is 20.9. The molecule has 1 unspecified atom stereocenters. The summed E-state index contributed by atoms with van der Waals surface area (Å²) in [5.74, 6) is 0.936. The van der Waals surface area contributed by atoms with Crippen LogP contribution in [0.3, 0.4) is 0 Å². The minimum Gasteiger partial charge on any atom is -0.497 e. The third-order valence-corrected chi connectivity index (χ3v) is 6.80. The third kappa shape index (κ3) is 5.27. The predicted molar refractivity (Wildman–Crippen MR) is 109 cm³/mol. The van der Waals surface area contributed by atoms with Gasteiger partial charge >= 0.3 is 0 Å². The molecular formula is C21H26N2O5S. The van der Waals surface area contributed by atoms with Crippen LogP contribution in [0.4, 0.5) is 0 Å². The largest absolute Gasteiger partial charge is 0.497 e. The summed E-state index contributed by atoms with van der Waals surface area (Å²) in [7, 11) is -1.85. The van der Waals surface area contributed by atoms with Gasteiger partial charge in [0.1, 0.15) is 11.5 Å². The van der Waals surface area contributed by atoms with Crippen LogP contribution in [-0.2, 0) is 14.8 Å². The van der Waals surface area contributed by atoms with Crippen LogP contribution in [-0.4, -0.2) is 45.4 Å². The van der Waals surface area contributed by atoms with Gasteiger partial charge in [0.15, 0.2) is 6.61 Å². The van der Waals surface area contributed by atoms with Crippen molar-refractivity contribution in [3.05, 3.63) is 54.1 Å². The Bertz CT molecular complexity index is 921. The maximum Gasteiger partial charge on any atom is 0.258 e. The minimum absolute atomic E-state index is 0.154. The van der Waals surface area contributed by atoms with Gasteiger partial charge in [-0.25, -0.2) is 8.42 Å². The van der Waals surface area contributed by atoms with E-state index in [-0.39, 0.29) is 23.5 Å². The van der Waals surface area contributed by atoms with E-state index in [1.165, 1.54) is 16.4 Å². The Balaban J connectivity index is 1.52. The molecule has 1 N–H and O–H groups in total. The molecule has 0 aliphatic carbocycles. The van der Waals surface area contributed by atoms with E-state index < -0.39 is 10.0 Å². The average molecular weight is 419 g/mol. The summed E-state index contributed by atoms with van der Waals surface area (Å²) in [4.78, 5) is 12.4. The molecule has 3 rings (SSSR count). The molecule has 29 heavy (non-hydrogen) atoms. The normalized spacial score (nSPS) is 15.7. The minimum atomic E-state index is -3.45. The summed E-state index contributed by atoms with van der Waals surface area (Å²) >= 11 is 0. The summed E-state index contributed by atoms with van der Waals surface area (Å²) in [5, 5.41) is 2.87. The number of amides is 1. The lowest BCUT2D eigenvalue weighted by atomic mass is 10.1. The molecule has 7 nitrogen and oxygen atoms in total. The highest BCUT2D eigenvalue weighted by atomic mass is 32.2. The number of methoxy groups -OCH3 is 1. The van der Waals surface area contributed by atoms with Gasteiger partial charge in [0.2, 0.25) is 10.0 Å². The maximum absolute atomic E-state index is 12.5. The Kier molecular flexibility index (Phi) is 6.76. The fourth-order valence-corrected chi connectivity index (χ4v) is 4.71. The molecule has 1 saturated heterocycles. The van der Waals surface area contributed by atoms with Crippen LogP contribution in [0, 0.1) is 0 Å². The van der Waals surface area contributed by atoms with Crippen LogP contribution in [0.5, 0.6) is 11.5 Å². The molecule has 0 bridgehead atoms. The molecule has 0 saturated carbocycles. The summed E-state index contributed by atoms with van der Waals surface area (Å²) in [5.41, 5.74) is 0.954. The zero-order valence-corrected chi connectivity index (χ0v) is 17.4. The molecule has 0 spiro atoms. The highest BCUT2D eigenvalue weighted by Gasteiger charge is 2.26. The first kappa shape index (κ1) is 21.1.